The number of halogens is 1. The summed E-state index contributed by atoms with van der Waals surface area (Å²) >= 11 is 0. The van der Waals surface area contributed by atoms with Crippen molar-refractivity contribution < 1.29 is 17.6 Å². The van der Waals surface area contributed by atoms with E-state index in [4.69, 9.17) is 0 Å². The zero-order chi connectivity index (χ0) is 20.5. The summed E-state index contributed by atoms with van der Waals surface area (Å²) in [4.78, 5) is 16.7. The van der Waals surface area contributed by atoms with Crippen LogP contribution in [0.15, 0.2) is 23.1 Å². The Kier molecular flexibility index (Phi) is 6.41. The molecule has 0 radical (unpaired) electrons. The molecule has 1 unspecified atom stereocenters. The lowest BCUT2D eigenvalue weighted by Gasteiger charge is -2.36. The highest BCUT2D eigenvalue weighted by atomic mass is 32.2. The molecule has 8 heteroatoms. The minimum atomic E-state index is -3.72. The Morgan fingerprint density at radius 3 is 2.43 bits per heavy atom. The van der Waals surface area contributed by atoms with Gasteiger partial charge in [-0.2, -0.15) is 4.31 Å². The fraction of sp³-hybridized carbons (Fsp3) is 0.650. The molecule has 1 aromatic carbocycles. The van der Waals surface area contributed by atoms with Gasteiger partial charge in [0.25, 0.3) is 0 Å². The molecule has 3 rings (SSSR count). The van der Waals surface area contributed by atoms with Crippen LogP contribution in [0.25, 0.3) is 0 Å². The van der Waals surface area contributed by atoms with E-state index >= 15 is 0 Å². The largest absolute Gasteiger partial charge is 0.341 e. The first-order valence-corrected chi connectivity index (χ1v) is 11.4. The molecule has 2 saturated heterocycles. The standard InChI is InChI=1S/C20H30FN3O3S/c1-15(2)6-8-23-9-7-19(20(23)25)22-10-12-24(13-11-22)28(26,27)17-5-4-16(3)18(21)14-17/h4-5,14-15,19H,6-13H2,1-3H3. The molecule has 0 aliphatic carbocycles. The summed E-state index contributed by atoms with van der Waals surface area (Å²) in [5.74, 6) is 0.211. The topological polar surface area (TPSA) is 60.9 Å². The van der Waals surface area contributed by atoms with E-state index in [1.165, 1.54) is 16.4 Å². The smallest absolute Gasteiger partial charge is 0.243 e. The molecule has 0 spiro atoms. The number of amides is 1. The fourth-order valence-corrected chi connectivity index (χ4v) is 5.27. The normalized spacial score (nSPS) is 22.4. The predicted molar refractivity (Wildman–Crippen MR) is 106 cm³/mol. The molecule has 28 heavy (non-hydrogen) atoms. The number of sulfonamides is 1. The van der Waals surface area contributed by atoms with Crippen molar-refractivity contribution in [2.75, 3.05) is 39.3 Å². The second kappa shape index (κ2) is 8.47. The van der Waals surface area contributed by atoms with Crippen LogP contribution in [0, 0.1) is 18.7 Å². The Labute approximate surface area is 167 Å². The van der Waals surface area contributed by atoms with Gasteiger partial charge in [0, 0.05) is 39.3 Å². The van der Waals surface area contributed by atoms with Gasteiger partial charge in [0.05, 0.1) is 10.9 Å². The second-order valence-electron chi connectivity index (χ2n) is 8.16. The van der Waals surface area contributed by atoms with E-state index in [0.717, 1.165) is 32.0 Å². The summed E-state index contributed by atoms with van der Waals surface area (Å²) in [6, 6.07) is 3.88. The average molecular weight is 412 g/mol. The highest BCUT2D eigenvalue weighted by Gasteiger charge is 2.38. The van der Waals surface area contributed by atoms with Crippen molar-refractivity contribution in [3.8, 4) is 0 Å². The third-order valence-electron chi connectivity index (χ3n) is 5.74. The summed E-state index contributed by atoms with van der Waals surface area (Å²) in [5.41, 5.74) is 0.422. The molecular formula is C20H30FN3O3S. The lowest BCUT2D eigenvalue weighted by molar-refractivity contribution is -0.132. The molecule has 2 heterocycles. The van der Waals surface area contributed by atoms with E-state index in [1.54, 1.807) is 6.92 Å². The predicted octanol–water partition coefficient (Wildman–Crippen LogP) is 2.09. The molecule has 0 bridgehead atoms. The van der Waals surface area contributed by atoms with Crippen LogP contribution in [0.2, 0.25) is 0 Å². The maximum atomic E-state index is 13.8. The van der Waals surface area contributed by atoms with Gasteiger partial charge in [0.15, 0.2) is 0 Å². The maximum Gasteiger partial charge on any atom is 0.243 e. The van der Waals surface area contributed by atoms with Crippen LogP contribution in [-0.2, 0) is 14.8 Å². The van der Waals surface area contributed by atoms with Gasteiger partial charge in [-0.25, -0.2) is 12.8 Å². The molecule has 0 saturated carbocycles. The van der Waals surface area contributed by atoms with Gasteiger partial charge in [-0.15, -0.1) is 0 Å². The molecule has 0 aromatic heterocycles. The average Bonchev–Trinajstić information content (AvgIpc) is 3.02. The number of likely N-dealkylation sites (tertiary alicyclic amines) is 1. The molecule has 2 aliphatic heterocycles. The number of nitrogens with zero attached hydrogens (tertiary/aromatic N) is 3. The molecule has 2 aliphatic rings. The Bertz CT molecular complexity index is 820. The summed E-state index contributed by atoms with van der Waals surface area (Å²) in [5, 5.41) is 0. The summed E-state index contributed by atoms with van der Waals surface area (Å²) < 4.78 is 40.8. The fourth-order valence-electron chi connectivity index (χ4n) is 3.84. The molecule has 0 N–H and O–H groups in total. The van der Waals surface area contributed by atoms with Crippen LogP contribution < -0.4 is 0 Å². The van der Waals surface area contributed by atoms with E-state index in [0.29, 0.717) is 37.7 Å². The summed E-state index contributed by atoms with van der Waals surface area (Å²) in [6.07, 6.45) is 1.80. The van der Waals surface area contributed by atoms with Gasteiger partial charge in [0.1, 0.15) is 5.82 Å². The third-order valence-corrected chi connectivity index (χ3v) is 7.64. The van der Waals surface area contributed by atoms with Crippen LogP contribution in [0.3, 0.4) is 0 Å². The minimum Gasteiger partial charge on any atom is -0.341 e. The van der Waals surface area contributed by atoms with Crippen LogP contribution in [0.4, 0.5) is 4.39 Å². The van der Waals surface area contributed by atoms with Crippen LogP contribution in [0.5, 0.6) is 0 Å². The van der Waals surface area contributed by atoms with E-state index in [-0.39, 0.29) is 16.8 Å². The van der Waals surface area contributed by atoms with Gasteiger partial charge in [-0.05, 0) is 43.4 Å². The number of rotatable bonds is 6. The van der Waals surface area contributed by atoms with E-state index in [2.05, 4.69) is 18.7 Å². The second-order valence-corrected chi connectivity index (χ2v) is 10.1. The highest BCUT2D eigenvalue weighted by molar-refractivity contribution is 7.89. The van der Waals surface area contributed by atoms with Gasteiger partial charge in [0.2, 0.25) is 15.9 Å². The maximum absolute atomic E-state index is 13.8. The van der Waals surface area contributed by atoms with Gasteiger partial charge in [-0.1, -0.05) is 19.9 Å². The molecule has 1 aromatic rings. The SMILES string of the molecule is Cc1ccc(S(=O)(=O)N2CCN(C3CCN(CCC(C)C)C3=O)CC2)cc1F. The Balaban J connectivity index is 1.60. The van der Waals surface area contributed by atoms with Crippen LogP contribution >= 0.6 is 0 Å². The first kappa shape index (κ1) is 21.2. The van der Waals surface area contributed by atoms with Crippen LogP contribution in [0.1, 0.15) is 32.3 Å². The molecule has 156 valence electrons. The van der Waals surface area contributed by atoms with Crippen LogP contribution in [-0.4, -0.2) is 73.7 Å². The molecule has 1 amide bonds. The van der Waals surface area contributed by atoms with Crippen molar-refractivity contribution in [1.29, 1.82) is 0 Å². The number of hydrogen-bond donors (Lipinski definition) is 0. The van der Waals surface area contributed by atoms with E-state index < -0.39 is 15.8 Å². The van der Waals surface area contributed by atoms with Crippen molar-refractivity contribution in [2.45, 2.75) is 44.6 Å². The number of piperazine rings is 1. The molecule has 6 nitrogen and oxygen atoms in total. The lowest BCUT2D eigenvalue weighted by atomic mass is 10.1. The Hall–Kier alpha value is -1.51. The first-order valence-electron chi connectivity index (χ1n) is 9.99. The number of carbonyl (C=O) groups is 1. The summed E-state index contributed by atoms with van der Waals surface area (Å²) in [6.45, 7) is 9.13. The third kappa shape index (κ3) is 4.39. The molecule has 2 fully saturated rings. The zero-order valence-corrected chi connectivity index (χ0v) is 17.7. The first-order chi connectivity index (χ1) is 13.2. The quantitative estimate of drug-likeness (QED) is 0.719. The number of hydrogen-bond acceptors (Lipinski definition) is 4. The Morgan fingerprint density at radius 1 is 1.14 bits per heavy atom. The van der Waals surface area contributed by atoms with Crippen molar-refractivity contribution in [3.63, 3.8) is 0 Å². The monoisotopic (exact) mass is 411 g/mol. The number of carbonyl (C=O) groups excluding carboxylic acids is 1. The summed E-state index contributed by atoms with van der Waals surface area (Å²) in [7, 11) is -3.72. The molecule has 1 atom stereocenters. The van der Waals surface area contributed by atoms with Gasteiger partial charge >= 0.3 is 0 Å². The van der Waals surface area contributed by atoms with E-state index in [1.807, 2.05) is 4.90 Å². The molecular weight excluding hydrogens is 381 g/mol. The number of aryl methyl sites for hydroxylation is 1. The lowest BCUT2D eigenvalue weighted by Crippen LogP contribution is -2.53. The van der Waals surface area contributed by atoms with E-state index in [9.17, 15) is 17.6 Å². The van der Waals surface area contributed by atoms with Crippen molar-refractivity contribution in [2.24, 2.45) is 5.92 Å². The van der Waals surface area contributed by atoms with Crippen molar-refractivity contribution in [1.82, 2.24) is 14.1 Å². The van der Waals surface area contributed by atoms with Gasteiger partial charge in [-0.3, -0.25) is 9.69 Å². The Morgan fingerprint density at radius 2 is 1.82 bits per heavy atom. The van der Waals surface area contributed by atoms with Gasteiger partial charge < -0.3 is 4.90 Å². The highest BCUT2D eigenvalue weighted by Crippen LogP contribution is 2.23. The minimum absolute atomic E-state index is 0.0131. The zero-order valence-electron chi connectivity index (χ0n) is 16.9. The number of benzene rings is 1. The van der Waals surface area contributed by atoms with Crippen molar-refractivity contribution in [3.05, 3.63) is 29.6 Å². The van der Waals surface area contributed by atoms with Crippen molar-refractivity contribution >= 4 is 15.9 Å².